The minimum atomic E-state index is -0.0888. The number of carbonyl (C=O) groups is 1. The zero-order valence-corrected chi connectivity index (χ0v) is 13.8. The third-order valence-corrected chi connectivity index (χ3v) is 3.97. The molecule has 1 fully saturated rings. The van der Waals surface area contributed by atoms with Crippen LogP contribution in [0.1, 0.15) is 38.2 Å². The van der Waals surface area contributed by atoms with Gasteiger partial charge in [0.25, 0.3) is 0 Å². The van der Waals surface area contributed by atoms with E-state index in [1.165, 1.54) is 6.42 Å². The molecule has 0 bridgehead atoms. The number of ether oxygens (including phenoxy) is 1. The zero-order valence-electron chi connectivity index (χ0n) is 13.8. The van der Waals surface area contributed by atoms with Gasteiger partial charge < -0.3 is 15.0 Å². The summed E-state index contributed by atoms with van der Waals surface area (Å²) in [6, 6.07) is 9.44. The summed E-state index contributed by atoms with van der Waals surface area (Å²) in [5, 5.41) is 11.6. The van der Waals surface area contributed by atoms with Crippen LogP contribution < -0.4 is 5.32 Å². The summed E-state index contributed by atoms with van der Waals surface area (Å²) in [7, 11) is 0. The Morgan fingerprint density at radius 1 is 1.39 bits per heavy atom. The molecule has 2 rings (SSSR count). The van der Waals surface area contributed by atoms with E-state index in [9.17, 15) is 4.79 Å². The number of nitrogens with one attached hydrogen (secondary N) is 1. The molecular weight excluding hydrogens is 290 g/mol. The van der Waals surface area contributed by atoms with E-state index in [1.54, 1.807) is 0 Å². The zero-order chi connectivity index (χ0) is 16.5. The molecule has 23 heavy (non-hydrogen) atoms. The van der Waals surface area contributed by atoms with Crippen molar-refractivity contribution in [1.82, 2.24) is 4.90 Å². The van der Waals surface area contributed by atoms with E-state index in [-0.39, 0.29) is 12.1 Å². The van der Waals surface area contributed by atoms with Gasteiger partial charge in [-0.1, -0.05) is 19.1 Å². The van der Waals surface area contributed by atoms with Crippen molar-refractivity contribution in [2.45, 2.75) is 45.1 Å². The fraction of sp³-hybridized carbons (Fsp3) is 0.556. The van der Waals surface area contributed by atoms with Gasteiger partial charge in [-0.3, -0.25) is 0 Å². The Morgan fingerprint density at radius 2 is 2.17 bits per heavy atom. The lowest BCUT2D eigenvalue weighted by Gasteiger charge is -2.30. The fourth-order valence-corrected chi connectivity index (χ4v) is 2.74. The highest BCUT2D eigenvalue weighted by Crippen LogP contribution is 2.16. The summed E-state index contributed by atoms with van der Waals surface area (Å²) < 4.78 is 5.75. The van der Waals surface area contributed by atoms with Gasteiger partial charge in [0, 0.05) is 25.4 Å². The minimum absolute atomic E-state index is 0.0888. The van der Waals surface area contributed by atoms with E-state index >= 15 is 0 Å². The predicted molar refractivity (Wildman–Crippen MR) is 90.2 cm³/mol. The normalized spacial score (nSPS) is 17.3. The predicted octanol–water partition coefficient (Wildman–Crippen LogP) is 3.57. The molecule has 0 spiro atoms. The van der Waals surface area contributed by atoms with Crippen molar-refractivity contribution in [1.29, 1.82) is 5.26 Å². The Bertz CT molecular complexity index is 530. The number of amides is 2. The largest absolute Gasteiger partial charge is 0.376 e. The Kier molecular flexibility index (Phi) is 6.89. The second kappa shape index (κ2) is 9.16. The van der Waals surface area contributed by atoms with Crippen molar-refractivity contribution in [3.8, 4) is 6.07 Å². The molecule has 1 heterocycles. The van der Waals surface area contributed by atoms with Gasteiger partial charge >= 0.3 is 6.03 Å². The van der Waals surface area contributed by atoms with Crippen LogP contribution in [0.2, 0.25) is 0 Å². The second-order valence-corrected chi connectivity index (χ2v) is 5.90. The van der Waals surface area contributed by atoms with Gasteiger partial charge in [-0.2, -0.15) is 5.26 Å². The first kappa shape index (κ1) is 17.3. The summed E-state index contributed by atoms with van der Waals surface area (Å²) in [4.78, 5) is 14.3. The molecule has 1 aliphatic heterocycles. The summed E-state index contributed by atoms with van der Waals surface area (Å²) in [6.07, 6.45) is 4.77. The maximum Gasteiger partial charge on any atom is 0.321 e. The fourth-order valence-electron chi connectivity index (χ4n) is 2.74. The standard InChI is InChI=1S/C18H25N3O2/c1-2-12-21(14-17-5-3-4-13-23-17)18(22)20-16-8-6-15(7-9-16)10-11-19/h6-9,17H,2-5,10,12-14H2,1H3,(H,20,22)/t17-/m0/s1. The maximum atomic E-state index is 12.5. The van der Waals surface area contributed by atoms with E-state index in [1.807, 2.05) is 29.2 Å². The smallest absolute Gasteiger partial charge is 0.321 e. The summed E-state index contributed by atoms with van der Waals surface area (Å²) in [5.74, 6) is 0. The van der Waals surface area contributed by atoms with E-state index in [2.05, 4.69) is 18.3 Å². The van der Waals surface area contributed by atoms with Gasteiger partial charge in [0.2, 0.25) is 0 Å². The molecule has 0 unspecified atom stereocenters. The molecule has 1 atom stereocenters. The van der Waals surface area contributed by atoms with Crippen LogP contribution in [0.4, 0.5) is 10.5 Å². The number of hydrogen-bond donors (Lipinski definition) is 1. The van der Waals surface area contributed by atoms with Gasteiger partial charge in [0.05, 0.1) is 18.6 Å². The maximum absolute atomic E-state index is 12.5. The van der Waals surface area contributed by atoms with Gasteiger partial charge in [-0.25, -0.2) is 4.79 Å². The Hall–Kier alpha value is -2.06. The van der Waals surface area contributed by atoms with Crippen LogP contribution in [0, 0.1) is 11.3 Å². The van der Waals surface area contributed by atoms with E-state index in [0.29, 0.717) is 13.0 Å². The molecule has 1 aromatic rings. The molecule has 2 amide bonds. The number of carbonyl (C=O) groups excluding carboxylic acids is 1. The van der Waals surface area contributed by atoms with Gasteiger partial charge in [-0.15, -0.1) is 0 Å². The average molecular weight is 315 g/mol. The van der Waals surface area contributed by atoms with Crippen molar-refractivity contribution in [2.75, 3.05) is 25.0 Å². The molecule has 0 radical (unpaired) electrons. The monoisotopic (exact) mass is 315 g/mol. The molecule has 5 heteroatoms. The van der Waals surface area contributed by atoms with Gasteiger partial charge in [-0.05, 0) is 43.4 Å². The molecular formula is C18H25N3O2. The Morgan fingerprint density at radius 3 is 2.78 bits per heavy atom. The van der Waals surface area contributed by atoms with Crippen LogP contribution in [0.15, 0.2) is 24.3 Å². The van der Waals surface area contributed by atoms with Gasteiger partial charge in [0.15, 0.2) is 0 Å². The average Bonchev–Trinajstić information content (AvgIpc) is 2.57. The molecule has 0 aliphatic carbocycles. The van der Waals surface area contributed by atoms with Crippen LogP contribution in [-0.2, 0) is 11.2 Å². The van der Waals surface area contributed by atoms with Crippen molar-refractivity contribution in [3.63, 3.8) is 0 Å². The van der Waals surface area contributed by atoms with E-state index < -0.39 is 0 Å². The molecule has 0 saturated carbocycles. The number of anilines is 1. The van der Waals surface area contributed by atoms with Crippen LogP contribution >= 0.6 is 0 Å². The van der Waals surface area contributed by atoms with E-state index in [4.69, 9.17) is 10.00 Å². The number of hydrogen-bond acceptors (Lipinski definition) is 3. The Labute approximate surface area is 138 Å². The third-order valence-electron chi connectivity index (χ3n) is 3.97. The first-order valence-corrected chi connectivity index (χ1v) is 8.36. The first-order valence-electron chi connectivity index (χ1n) is 8.36. The van der Waals surface area contributed by atoms with Crippen LogP contribution in [0.5, 0.6) is 0 Å². The third kappa shape index (κ3) is 5.57. The number of benzene rings is 1. The first-order chi connectivity index (χ1) is 11.2. The molecule has 0 aromatic heterocycles. The van der Waals surface area contributed by atoms with Crippen LogP contribution in [-0.4, -0.2) is 36.7 Å². The highest BCUT2D eigenvalue weighted by atomic mass is 16.5. The van der Waals surface area contributed by atoms with Crippen molar-refractivity contribution in [2.24, 2.45) is 0 Å². The van der Waals surface area contributed by atoms with Gasteiger partial charge in [0.1, 0.15) is 0 Å². The quantitative estimate of drug-likeness (QED) is 0.873. The van der Waals surface area contributed by atoms with Crippen molar-refractivity contribution >= 4 is 11.7 Å². The number of urea groups is 1. The summed E-state index contributed by atoms with van der Waals surface area (Å²) >= 11 is 0. The Balaban J connectivity index is 1.92. The van der Waals surface area contributed by atoms with E-state index in [0.717, 1.165) is 43.7 Å². The second-order valence-electron chi connectivity index (χ2n) is 5.90. The molecule has 124 valence electrons. The SMILES string of the molecule is CCCN(C[C@@H]1CCCCO1)C(=O)Nc1ccc(CC#N)cc1. The molecule has 1 aliphatic rings. The topological polar surface area (TPSA) is 65.4 Å². The summed E-state index contributed by atoms with van der Waals surface area (Å²) in [6.45, 7) is 4.23. The molecule has 5 nitrogen and oxygen atoms in total. The van der Waals surface area contributed by atoms with Crippen molar-refractivity contribution < 1.29 is 9.53 Å². The minimum Gasteiger partial charge on any atom is -0.376 e. The molecule has 1 saturated heterocycles. The number of rotatable bonds is 6. The lowest BCUT2D eigenvalue weighted by Crippen LogP contribution is -2.42. The highest BCUT2D eigenvalue weighted by Gasteiger charge is 2.21. The summed E-state index contributed by atoms with van der Waals surface area (Å²) in [5.41, 5.74) is 1.70. The lowest BCUT2D eigenvalue weighted by atomic mass is 10.1. The number of nitriles is 1. The van der Waals surface area contributed by atoms with Crippen molar-refractivity contribution in [3.05, 3.63) is 29.8 Å². The van der Waals surface area contributed by atoms with Crippen LogP contribution in [0.25, 0.3) is 0 Å². The van der Waals surface area contributed by atoms with Crippen LogP contribution in [0.3, 0.4) is 0 Å². The molecule has 1 N–H and O–H groups in total. The number of nitrogens with zero attached hydrogens (tertiary/aromatic N) is 2. The lowest BCUT2D eigenvalue weighted by molar-refractivity contribution is 0.00162. The highest BCUT2D eigenvalue weighted by molar-refractivity contribution is 5.89. The molecule has 1 aromatic carbocycles.